The summed E-state index contributed by atoms with van der Waals surface area (Å²) in [7, 11) is 0. The van der Waals surface area contributed by atoms with E-state index in [1.165, 1.54) is 24.3 Å². The van der Waals surface area contributed by atoms with Gasteiger partial charge in [-0.2, -0.15) is 0 Å². The Labute approximate surface area is 174 Å². The normalized spacial score (nSPS) is 16.6. The molecule has 2 amide bonds. The van der Waals surface area contributed by atoms with Crippen LogP contribution in [-0.2, 0) is 16.1 Å². The van der Waals surface area contributed by atoms with Crippen LogP contribution in [0.3, 0.4) is 0 Å². The lowest BCUT2D eigenvalue weighted by atomic mass is 9.97. The van der Waals surface area contributed by atoms with Gasteiger partial charge in [-0.15, -0.1) is 0 Å². The summed E-state index contributed by atoms with van der Waals surface area (Å²) in [5, 5.41) is 13.4. The van der Waals surface area contributed by atoms with Crippen LogP contribution >= 0.6 is 0 Å². The molecule has 0 bridgehead atoms. The molecule has 1 aliphatic heterocycles. The second kappa shape index (κ2) is 9.84. The van der Waals surface area contributed by atoms with E-state index in [0.717, 1.165) is 31.5 Å². The van der Waals surface area contributed by atoms with Crippen molar-refractivity contribution in [3.63, 3.8) is 0 Å². The van der Waals surface area contributed by atoms with Gasteiger partial charge in [-0.3, -0.25) is 24.6 Å². The van der Waals surface area contributed by atoms with Crippen LogP contribution in [0, 0.1) is 16.0 Å². The zero-order valence-corrected chi connectivity index (χ0v) is 16.5. The maximum Gasteiger partial charge on any atom is 0.269 e. The predicted octanol–water partition coefficient (Wildman–Crippen LogP) is 2.31. The molecule has 1 heterocycles. The minimum atomic E-state index is -0.499. The quantitative estimate of drug-likeness (QED) is 0.506. The van der Waals surface area contributed by atoms with E-state index in [2.05, 4.69) is 10.2 Å². The SMILES string of the molecule is NC(=O)C1CCCN(Cc2ccc(NC(=O)COc3ccc([N+](=O)[O-])cc3)cc2)C1. The maximum absolute atomic E-state index is 12.1. The van der Waals surface area contributed by atoms with E-state index in [-0.39, 0.29) is 30.0 Å². The summed E-state index contributed by atoms with van der Waals surface area (Å²) in [5.41, 5.74) is 7.11. The van der Waals surface area contributed by atoms with Crippen LogP contribution < -0.4 is 15.8 Å². The molecule has 9 heteroatoms. The molecule has 158 valence electrons. The summed E-state index contributed by atoms with van der Waals surface area (Å²) >= 11 is 0. The lowest BCUT2D eigenvalue weighted by molar-refractivity contribution is -0.384. The van der Waals surface area contributed by atoms with Crippen LogP contribution in [-0.4, -0.2) is 41.3 Å². The lowest BCUT2D eigenvalue weighted by Crippen LogP contribution is -2.40. The molecule has 2 aromatic rings. The van der Waals surface area contributed by atoms with Crippen molar-refractivity contribution in [3.8, 4) is 5.75 Å². The summed E-state index contributed by atoms with van der Waals surface area (Å²) < 4.78 is 5.35. The van der Waals surface area contributed by atoms with Gasteiger partial charge in [0.2, 0.25) is 5.91 Å². The van der Waals surface area contributed by atoms with Crippen molar-refractivity contribution >= 4 is 23.2 Å². The molecule has 0 radical (unpaired) electrons. The minimum absolute atomic E-state index is 0.0402. The number of nitrogens with one attached hydrogen (secondary N) is 1. The molecule has 1 aliphatic rings. The van der Waals surface area contributed by atoms with Gasteiger partial charge in [-0.05, 0) is 49.2 Å². The smallest absolute Gasteiger partial charge is 0.269 e. The molecule has 0 aliphatic carbocycles. The molecule has 0 spiro atoms. The number of carbonyl (C=O) groups excluding carboxylic acids is 2. The van der Waals surface area contributed by atoms with Gasteiger partial charge >= 0.3 is 0 Å². The largest absolute Gasteiger partial charge is 0.484 e. The Bertz CT molecular complexity index is 899. The van der Waals surface area contributed by atoms with E-state index in [9.17, 15) is 19.7 Å². The first-order valence-electron chi connectivity index (χ1n) is 9.68. The van der Waals surface area contributed by atoms with Crippen molar-refractivity contribution in [1.29, 1.82) is 0 Å². The Morgan fingerprint density at radius 3 is 2.50 bits per heavy atom. The highest BCUT2D eigenvalue weighted by atomic mass is 16.6. The number of non-ortho nitro benzene ring substituents is 1. The molecule has 1 fully saturated rings. The fourth-order valence-corrected chi connectivity index (χ4v) is 3.39. The predicted molar refractivity (Wildman–Crippen MR) is 111 cm³/mol. The van der Waals surface area contributed by atoms with Crippen LogP contribution in [0.15, 0.2) is 48.5 Å². The standard InChI is InChI=1S/C21H24N4O5/c22-21(27)16-2-1-11-24(13-16)12-15-3-5-17(6-4-15)23-20(26)14-30-19-9-7-18(8-10-19)25(28)29/h3-10,16H,1-2,11-14H2,(H2,22,27)(H,23,26). The Kier molecular flexibility index (Phi) is 6.97. The molecule has 2 aromatic carbocycles. The van der Waals surface area contributed by atoms with Gasteiger partial charge in [0, 0.05) is 30.9 Å². The number of rotatable bonds is 8. The average molecular weight is 412 g/mol. The van der Waals surface area contributed by atoms with Crippen LogP contribution in [0.2, 0.25) is 0 Å². The van der Waals surface area contributed by atoms with Gasteiger partial charge in [0.05, 0.1) is 10.8 Å². The molecule has 3 N–H and O–H groups in total. The number of anilines is 1. The van der Waals surface area contributed by atoms with Crippen molar-refractivity contribution in [3.05, 3.63) is 64.2 Å². The number of nitro groups is 1. The summed E-state index contributed by atoms with van der Waals surface area (Å²) in [6.07, 6.45) is 1.80. The molecule has 30 heavy (non-hydrogen) atoms. The molecule has 1 unspecified atom stereocenters. The van der Waals surface area contributed by atoms with Crippen molar-refractivity contribution < 1.29 is 19.2 Å². The number of carbonyl (C=O) groups is 2. The Hall–Kier alpha value is -3.46. The Morgan fingerprint density at radius 2 is 1.87 bits per heavy atom. The molecule has 3 rings (SSSR count). The third kappa shape index (κ3) is 6.02. The van der Waals surface area contributed by atoms with Crippen LogP contribution in [0.1, 0.15) is 18.4 Å². The Balaban J connectivity index is 1.46. The van der Waals surface area contributed by atoms with Gasteiger partial charge in [0.1, 0.15) is 5.75 Å². The number of nitrogens with two attached hydrogens (primary N) is 1. The van der Waals surface area contributed by atoms with E-state index in [0.29, 0.717) is 18.0 Å². The second-order valence-corrected chi connectivity index (χ2v) is 7.26. The highest BCUT2D eigenvalue weighted by Crippen LogP contribution is 2.20. The number of primary amides is 1. The first-order valence-corrected chi connectivity index (χ1v) is 9.68. The monoisotopic (exact) mass is 412 g/mol. The van der Waals surface area contributed by atoms with E-state index >= 15 is 0 Å². The zero-order valence-electron chi connectivity index (χ0n) is 16.5. The number of nitrogens with zero attached hydrogens (tertiary/aromatic N) is 2. The van der Waals surface area contributed by atoms with Crippen molar-refractivity contribution in [2.45, 2.75) is 19.4 Å². The topological polar surface area (TPSA) is 128 Å². The molecular weight excluding hydrogens is 388 g/mol. The number of likely N-dealkylation sites (tertiary alicyclic amines) is 1. The number of amides is 2. The first kappa shape index (κ1) is 21.3. The third-order valence-electron chi connectivity index (χ3n) is 4.97. The number of hydrogen-bond acceptors (Lipinski definition) is 6. The summed E-state index contributed by atoms with van der Waals surface area (Å²) in [4.78, 5) is 35.8. The molecule has 0 saturated carbocycles. The molecule has 1 atom stereocenters. The highest BCUT2D eigenvalue weighted by molar-refractivity contribution is 5.91. The summed E-state index contributed by atoms with van der Waals surface area (Å²) in [6, 6.07) is 13.0. The molecule has 1 saturated heterocycles. The van der Waals surface area contributed by atoms with Gasteiger partial charge in [-0.25, -0.2) is 0 Å². The molecule has 9 nitrogen and oxygen atoms in total. The lowest BCUT2D eigenvalue weighted by Gasteiger charge is -2.31. The van der Waals surface area contributed by atoms with Crippen molar-refractivity contribution in [2.75, 3.05) is 25.0 Å². The van der Waals surface area contributed by atoms with E-state index in [1.807, 2.05) is 24.3 Å². The maximum atomic E-state index is 12.1. The first-order chi connectivity index (χ1) is 14.4. The van der Waals surface area contributed by atoms with Gasteiger partial charge in [-0.1, -0.05) is 12.1 Å². The summed E-state index contributed by atoms with van der Waals surface area (Å²) in [6.45, 7) is 2.12. The average Bonchev–Trinajstić information content (AvgIpc) is 2.74. The van der Waals surface area contributed by atoms with E-state index in [4.69, 9.17) is 10.5 Å². The summed E-state index contributed by atoms with van der Waals surface area (Å²) in [5.74, 6) is -0.287. The number of nitro benzene ring substituents is 1. The number of ether oxygens (including phenoxy) is 1. The van der Waals surface area contributed by atoms with Gasteiger partial charge in [0.25, 0.3) is 11.6 Å². The highest BCUT2D eigenvalue weighted by Gasteiger charge is 2.23. The van der Waals surface area contributed by atoms with Gasteiger partial charge < -0.3 is 15.8 Å². The molecular formula is C21H24N4O5. The van der Waals surface area contributed by atoms with Crippen LogP contribution in [0.25, 0.3) is 0 Å². The van der Waals surface area contributed by atoms with E-state index < -0.39 is 4.92 Å². The zero-order chi connectivity index (χ0) is 21.5. The third-order valence-corrected chi connectivity index (χ3v) is 4.97. The van der Waals surface area contributed by atoms with Crippen molar-refractivity contribution in [1.82, 2.24) is 4.90 Å². The van der Waals surface area contributed by atoms with Gasteiger partial charge in [0.15, 0.2) is 6.61 Å². The van der Waals surface area contributed by atoms with Crippen LogP contribution in [0.5, 0.6) is 5.75 Å². The number of piperidine rings is 1. The van der Waals surface area contributed by atoms with E-state index in [1.54, 1.807) is 0 Å². The fourth-order valence-electron chi connectivity index (χ4n) is 3.39. The minimum Gasteiger partial charge on any atom is -0.484 e. The van der Waals surface area contributed by atoms with Crippen LogP contribution in [0.4, 0.5) is 11.4 Å². The number of hydrogen-bond donors (Lipinski definition) is 2. The molecule has 0 aromatic heterocycles. The van der Waals surface area contributed by atoms with Crippen molar-refractivity contribution in [2.24, 2.45) is 11.7 Å². The second-order valence-electron chi connectivity index (χ2n) is 7.26. The number of benzene rings is 2. The fraction of sp³-hybridized carbons (Fsp3) is 0.333. The Morgan fingerprint density at radius 1 is 1.17 bits per heavy atom.